The minimum Gasteiger partial charge on any atom is -0.361 e. The fourth-order valence-electron chi connectivity index (χ4n) is 2.70. The van der Waals surface area contributed by atoms with E-state index >= 15 is 0 Å². The van der Waals surface area contributed by atoms with Crippen LogP contribution in [0.1, 0.15) is 33.8 Å². The summed E-state index contributed by atoms with van der Waals surface area (Å²) in [6.45, 7) is 3.72. The third-order valence-electron chi connectivity index (χ3n) is 4.12. The molecule has 0 radical (unpaired) electrons. The topological polar surface area (TPSA) is 102 Å². The lowest BCUT2D eigenvalue weighted by atomic mass is 10.2. The zero-order chi connectivity index (χ0) is 18.0. The van der Waals surface area contributed by atoms with E-state index in [2.05, 4.69) is 15.5 Å². The summed E-state index contributed by atoms with van der Waals surface area (Å²) >= 11 is 1.43. The van der Waals surface area contributed by atoms with Gasteiger partial charge in [0, 0.05) is 23.6 Å². The molecule has 1 fully saturated rings. The summed E-state index contributed by atoms with van der Waals surface area (Å²) in [6.07, 6.45) is 2.09. The maximum absolute atomic E-state index is 12.5. The Balaban J connectivity index is 1.71. The maximum Gasteiger partial charge on any atom is 0.254 e. The van der Waals surface area contributed by atoms with E-state index in [-0.39, 0.29) is 23.5 Å². The Morgan fingerprint density at radius 3 is 2.88 bits per heavy atom. The molecule has 3 rings (SSSR count). The van der Waals surface area contributed by atoms with Crippen LogP contribution in [0.25, 0.3) is 0 Å². The molecule has 1 aliphatic heterocycles. The van der Waals surface area contributed by atoms with Crippen molar-refractivity contribution in [2.24, 2.45) is 0 Å². The Morgan fingerprint density at radius 2 is 2.24 bits per heavy atom. The van der Waals surface area contributed by atoms with Gasteiger partial charge < -0.3 is 9.84 Å². The molecule has 9 heteroatoms. The maximum atomic E-state index is 12.5. The number of sulfone groups is 1. The van der Waals surface area contributed by atoms with Crippen molar-refractivity contribution in [3.8, 4) is 0 Å². The average molecular weight is 381 g/mol. The SMILES string of the molecule is Cc1noc(C)c1CSc1ncccc1C(=O)NC1CCS(=O)(=O)C1. The Hall–Kier alpha value is -1.87. The van der Waals surface area contributed by atoms with Crippen LogP contribution in [-0.2, 0) is 15.6 Å². The van der Waals surface area contributed by atoms with Gasteiger partial charge >= 0.3 is 0 Å². The van der Waals surface area contributed by atoms with Crippen LogP contribution in [0.15, 0.2) is 27.9 Å². The number of pyridine rings is 1. The third kappa shape index (κ3) is 4.21. The van der Waals surface area contributed by atoms with E-state index in [9.17, 15) is 13.2 Å². The molecule has 2 aromatic rings. The first-order valence-electron chi connectivity index (χ1n) is 7.86. The van der Waals surface area contributed by atoms with Crippen LogP contribution in [0, 0.1) is 13.8 Å². The van der Waals surface area contributed by atoms with Gasteiger partial charge in [-0.1, -0.05) is 5.16 Å². The molecule has 1 N–H and O–H groups in total. The van der Waals surface area contributed by atoms with E-state index < -0.39 is 9.84 Å². The summed E-state index contributed by atoms with van der Waals surface area (Å²) < 4.78 is 28.2. The third-order valence-corrected chi connectivity index (χ3v) is 6.92. The first-order valence-corrected chi connectivity index (χ1v) is 10.7. The minimum atomic E-state index is -3.04. The van der Waals surface area contributed by atoms with Crippen molar-refractivity contribution in [1.82, 2.24) is 15.5 Å². The molecule has 1 amide bonds. The van der Waals surface area contributed by atoms with Crippen molar-refractivity contribution < 1.29 is 17.7 Å². The fourth-order valence-corrected chi connectivity index (χ4v) is 5.52. The number of carbonyl (C=O) groups excluding carboxylic acids is 1. The molecular weight excluding hydrogens is 362 g/mol. The Kier molecular flexibility index (Phi) is 5.14. The number of carbonyl (C=O) groups is 1. The molecule has 1 unspecified atom stereocenters. The molecular formula is C16H19N3O4S2. The van der Waals surface area contributed by atoms with E-state index in [1.807, 2.05) is 13.8 Å². The van der Waals surface area contributed by atoms with Crippen LogP contribution in [0.5, 0.6) is 0 Å². The van der Waals surface area contributed by atoms with E-state index in [0.717, 1.165) is 17.0 Å². The van der Waals surface area contributed by atoms with Gasteiger partial charge in [0.05, 0.1) is 22.8 Å². The molecule has 0 saturated carbocycles. The molecule has 1 saturated heterocycles. The second-order valence-corrected chi connectivity index (χ2v) is 9.21. The first-order chi connectivity index (χ1) is 11.9. The summed E-state index contributed by atoms with van der Waals surface area (Å²) in [5.74, 6) is 1.18. The molecule has 0 aromatic carbocycles. The molecule has 1 aliphatic rings. The summed E-state index contributed by atoms with van der Waals surface area (Å²) in [5.41, 5.74) is 2.26. The van der Waals surface area contributed by atoms with Gasteiger partial charge in [-0.2, -0.15) is 0 Å². The lowest BCUT2D eigenvalue weighted by molar-refractivity contribution is 0.0937. The summed E-state index contributed by atoms with van der Waals surface area (Å²) in [6, 6.07) is 3.06. The molecule has 0 spiro atoms. The zero-order valence-corrected chi connectivity index (χ0v) is 15.6. The van der Waals surface area contributed by atoms with Crippen molar-refractivity contribution >= 4 is 27.5 Å². The quantitative estimate of drug-likeness (QED) is 0.789. The van der Waals surface area contributed by atoms with Gasteiger partial charge in [0.25, 0.3) is 5.91 Å². The van der Waals surface area contributed by atoms with Gasteiger partial charge in [-0.25, -0.2) is 13.4 Å². The van der Waals surface area contributed by atoms with E-state index in [4.69, 9.17) is 4.52 Å². The van der Waals surface area contributed by atoms with E-state index in [1.54, 1.807) is 18.3 Å². The lowest BCUT2D eigenvalue weighted by Crippen LogP contribution is -2.35. The number of aryl methyl sites for hydroxylation is 2. The number of aromatic nitrogens is 2. The number of amides is 1. The van der Waals surface area contributed by atoms with Crippen molar-refractivity contribution in [1.29, 1.82) is 0 Å². The van der Waals surface area contributed by atoms with Crippen molar-refractivity contribution in [3.05, 3.63) is 40.9 Å². The lowest BCUT2D eigenvalue weighted by Gasteiger charge is -2.12. The summed E-state index contributed by atoms with van der Waals surface area (Å²) in [4.78, 5) is 16.8. The Labute approximate surface area is 150 Å². The molecule has 2 aromatic heterocycles. The number of rotatable bonds is 5. The normalized spacial score (nSPS) is 19.0. The second-order valence-electron chi connectivity index (χ2n) is 6.02. The fraction of sp³-hybridized carbons (Fsp3) is 0.438. The summed E-state index contributed by atoms with van der Waals surface area (Å²) in [7, 11) is -3.04. The Morgan fingerprint density at radius 1 is 1.44 bits per heavy atom. The van der Waals surface area contributed by atoms with Crippen LogP contribution in [0.3, 0.4) is 0 Å². The van der Waals surface area contributed by atoms with Gasteiger partial charge in [-0.05, 0) is 32.4 Å². The second kappa shape index (κ2) is 7.17. The highest BCUT2D eigenvalue weighted by atomic mass is 32.2. The zero-order valence-electron chi connectivity index (χ0n) is 14.0. The predicted molar refractivity (Wildman–Crippen MR) is 94.3 cm³/mol. The van der Waals surface area contributed by atoms with Crippen LogP contribution >= 0.6 is 11.8 Å². The highest BCUT2D eigenvalue weighted by molar-refractivity contribution is 7.98. The molecule has 7 nitrogen and oxygen atoms in total. The monoisotopic (exact) mass is 381 g/mol. The number of nitrogens with zero attached hydrogens (tertiary/aromatic N) is 2. The number of hydrogen-bond acceptors (Lipinski definition) is 7. The number of hydrogen-bond donors (Lipinski definition) is 1. The smallest absolute Gasteiger partial charge is 0.254 e. The van der Waals surface area contributed by atoms with E-state index in [1.165, 1.54) is 11.8 Å². The predicted octanol–water partition coefficient (Wildman–Crippen LogP) is 1.90. The van der Waals surface area contributed by atoms with Crippen LogP contribution in [0.2, 0.25) is 0 Å². The molecule has 3 heterocycles. The van der Waals surface area contributed by atoms with Gasteiger partial charge in [0.1, 0.15) is 10.8 Å². The molecule has 25 heavy (non-hydrogen) atoms. The van der Waals surface area contributed by atoms with Crippen LogP contribution in [0.4, 0.5) is 0 Å². The standard InChI is InChI=1S/C16H19N3O4S2/c1-10-14(11(2)23-19-10)8-24-16-13(4-3-6-17-16)15(20)18-12-5-7-25(21,22)9-12/h3-4,6,12H,5,7-9H2,1-2H3,(H,18,20). The van der Waals surface area contributed by atoms with Crippen LogP contribution in [-0.4, -0.2) is 42.0 Å². The highest BCUT2D eigenvalue weighted by Gasteiger charge is 2.29. The largest absolute Gasteiger partial charge is 0.361 e. The Bertz CT molecular complexity index is 873. The van der Waals surface area contributed by atoms with Gasteiger partial charge in [0.2, 0.25) is 0 Å². The van der Waals surface area contributed by atoms with Crippen LogP contribution < -0.4 is 5.32 Å². The molecule has 0 aliphatic carbocycles. The van der Waals surface area contributed by atoms with E-state index in [0.29, 0.717) is 22.8 Å². The molecule has 0 bridgehead atoms. The molecule has 1 atom stereocenters. The average Bonchev–Trinajstić information content (AvgIpc) is 3.07. The first kappa shape index (κ1) is 17.9. The number of nitrogens with one attached hydrogen (secondary N) is 1. The van der Waals surface area contributed by atoms with Gasteiger partial charge in [0.15, 0.2) is 9.84 Å². The highest BCUT2D eigenvalue weighted by Crippen LogP contribution is 2.27. The van der Waals surface area contributed by atoms with Gasteiger partial charge in [-0.15, -0.1) is 11.8 Å². The van der Waals surface area contributed by atoms with Crippen molar-refractivity contribution in [2.75, 3.05) is 11.5 Å². The van der Waals surface area contributed by atoms with Crippen molar-refractivity contribution in [3.63, 3.8) is 0 Å². The molecule has 134 valence electrons. The van der Waals surface area contributed by atoms with Crippen molar-refractivity contribution in [2.45, 2.75) is 37.1 Å². The minimum absolute atomic E-state index is 0.000552. The number of thioether (sulfide) groups is 1. The van der Waals surface area contributed by atoms with Gasteiger partial charge in [-0.3, -0.25) is 4.79 Å². The summed E-state index contributed by atoms with van der Waals surface area (Å²) in [5, 5.41) is 7.33.